The maximum Gasteiger partial charge on any atom is 0.0465 e. The molecule has 1 saturated heterocycles. The summed E-state index contributed by atoms with van der Waals surface area (Å²) in [5.41, 5.74) is 0. The third-order valence-corrected chi connectivity index (χ3v) is 4.60. The Kier molecular flexibility index (Phi) is 2.34. The minimum atomic E-state index is -1.74. The van der Waals surface area contributed by atoms with Crippen LogP contribution in [-0.4, -0.2) is 22.8 Å². The van der Waals surface area contributed by atoms with Gasteiger partial charge in [0.25, 0.3) is 0 Å². The predicted octanol–water partition coefficient (Wildman–Crippen LogP) is 1.51. The summed E-state index contributed by atoms with van der Waals surface area (Å²) >= 11 is 0. The number of hydrogen-bond donors (Lipinski definition) is 0. The number of nitrogens with zero attached hydrogens (tertiary/aromatic N) is 1. The third-order valence-electron chi connectivity index (χ3n) is 2.19. The molecule has 0 bridgehead atoms. The first kappa shape index (κ1) is 8.05. The highest BCUT2D eigenvalue weighted by Crippen LogP contribution is 2.18. The van der Waals surface area contributed by atoms with E-state index in [1.54, 1.807) is 7.05 Å². The van der Waals surface area contributed by atoms with E-state index >= 15 is 0 Å². The van der Waals surface area contributed by atoms with Crippen molar-refractivity contribution in [3.8, 4) is 0 Å². The van der Waals surface area contributed by atoms with E-state index in [-0.39, 0.29) is 0 Å². The molecule has 0 atom stereocenters. The lowest BCUT2D eigenvalue weighted by Gasteiger charge is -2.20. The average Bonchev–Trinajstić information content (AvgIpc) is 1.96. The monoisotopic (exact) mass is 161 g/mol. The number of rotatable bonds is 0. The van der Waals surface area contributed by atoms with Gasteiger partial charge in [0, 0.05) is 28.3 Å². The lowest BCUT2D eigenvalue weighted by atomic mass is 10.1. The zero-order chi connectivity index (χ0) is 7.61. The number of hydrogen-bond acceptors (Lipinski definition) is 2. The van der Waals surface area contributed by atoms with Crippen LogP contribution in [0.1, 0.15) is 19.8 Å². The van der Waals surface area contributed by atoms with Gasteiger partial charge >= 0.3 is 0 Å². The fourth-order valence-corrected chi connectivity index (χ4v) is 3.31. The normalized spacial score (nSPS) is 41.2. The lowest BCUT2D eigenvalue weighted by Crippen LogP contribution is -2.21. The highest BCUT2D eigenvalue weighted by atomic mass is 32.2. The van der Waals surface area contributed by atoms with E-state index in [1.807, 2.05) is 0 Å². The van der Waals surface area contributed by atoms with E-state index in [9.17, 15) is 4.21 Å². The third kappa shape index (κ3) is 1.72. The molecule has 0 aromatic rings. The second kappa shape index (κ2) is 2.91. The Morgan fingerprint density at radius 2 is 1.90 bits per heavy atom. The first-order valence-corrected chi connectivity index (χ1v) is 5.62. The molecule has 1 rings (SSSR count). The Morgan fingerprint density at radius 1 is 1.40 bits per heavy atom. The summed E-state index contributed by atoms with van der Waals surface area (Å²) in [4.78, 5) is 0. The molecule has 1 aliphatic rings. The van der Waals surface area contributed by atoms with Crippen LogP contribution in [0, 0.1) is 5.92 Å². The molecule has 10 heavy (non-hydrogen) atoms. The Labute approximate surface area is 63.2 Å². The fraction of sp³-hybridized carbons (Fsp3) is 1.00. The summed E-state index contributed by atoms with van der Waals surface area (Å²) < 4.78 is 15.5. The molecule has 0 aromatic heterocycles. The van der Waals surface area contributed by atoms with E-state index in [0.717, 1.165) is 30.3 Å². The summed E-state index contributed by atoms with van der Waals surface area (Å²) in [5, 5.41) is 0. The zero-order valence-electron chi connectivity index (χ0n) is 6.67. The molecule has 0 aromatic carbocycles. The van der Waals surface area contributed by atoms with Gasteiger partial charge < -0.3 is 0 Å². The van der Waals surface area contributed by atoms with Gasteiger partial charge in [-0.2, -0.15) is 0 Å². The van der Waals surface area contributed by atoms with Crippen LogP contribution in [0.15, 0.2) is 4.36 Å². The molecule has 0 spiro atoms. The largest absolute Gasteiger partial charge is 0.250 e. The van der Waals surface area contributed by atoms with E-state index < -0.39 is 9.73 Å². The summed E-state index contributed by atoms with van der Waals surface area (Å²) in [6.07, 6.45) is 2.19. The van der Waals surface area contributed by atoms with Crippen molar-refractivity contribution in [2.75, 3.05) is 18.6 Å². The standard InChI is InChI=1S/C7H15NOS/c1-7-3-5-10(9,8-2)6-4-7/h7H,3-6H2,1-2H3. The van der Waals surface area contributed by atoms with Crippen LogP contribution in [0.2, 0.25) is 0 Å². The molecule has 60 valence electrons. The molecule has 1 heterocycles. The molecule has 0 N–H and O–H groups in total. The highest BCUT2D eigenvalue weighted by Gasteiger charge is 2.17. The molecule has 3 heteroatoms. The van der Waals surface area contributed by atoms with Crippen molar-refractivity contribution in [1.29, 1.82) is 0 Å². The van der Waals surface area contributed by atoms with Crippen LogP contribution < -0.4 is 0 Å². The summed E-state index contributed by atoms with van der Waals surface area (Å²) in [7, 11) is -0.0572. The summed E-state index contributed by atoms with van der Waals surface area (Å²) in [6.45, 7) is 2.22. The highest BCUT2D eigenvalue weighted by molar-refractivity contribution is 7.93. The van der Waals surface area contributed by atoms with Gasteiger partial charge in [0.1, 0.15) is 0 Å². The lowest BCUT2D eigenvalue weighted by molar-refractivity contribution is 0.523. The van der Waals surface area contributed by atoms with Crippen molar-refractivity contribution in [2.45, 2.75) is 19.8 Å². The van der Waals surface area contributed by atoms with Gasteiger partial charge in [0.15, 0.2) is 0 Å². The van der Waals surface area contributed by atoms with E-state index in [4.69, 9.17) is 0 Å². The molecular weight excluding hydrogens is 146 g/mol. The van der Waals surface area contributed by atoms with Crippen LogP contribution in [0.3, 0.4) is 0 Å². The van der Waals surface area contributed by atoms with Gasteiger partial charge in [-0.05, 0) is 18.8 Å². The van der Waals surface area contributed by atoms with Gasteiger partial charge in [-0.25, -0.2) is 8.57 Å². The van der Waals surface area contributed by atoms with Crippen molar-refractivity contribution in [3.63, 3.8) is 0 Å². The van der Waals surface area contributed by atoms with Crippen LogP contribution >= 0.6 is 0 Å². The second-order valence-corrected chi connectivity index (χ2v) is 5.77. The van der Waals surface area contributed by atoms with Gasteiger partial charge in [-0.15, -0.1) is 0 Å². The average molecular weight is 161 g/mol. The molecule has 0 unspecified atom stereocenters. The van der Waals surface area contributed by atoms with Gasteiger partial charge in [-0.3, -0.25) is 0 Å². The molecule has 0 amide bonds. The van der Waals surface area contributed by atoms with Crippen LogP contribution in [0.5, 0.6) is 0 Å². The SMILES string of the molecule is CN=S1(=O)CCC(C)CC1. The van der Waals surface area contributed by atoms with Gasteiger partial charge in [-0.1, -0.05) is 6.92 Å². The maximum atomic E-state index is 11.6. The van der Waals surface area contributed by atoms with Gasteiger partial charge in [0.2, 0.25) is 0 Å². The molecule has 1 fully saturated rings. The van der Waals surface area contributed by atoms with Crippen molar-refractivity contribution in [3.05, 3.63) is 0 Å². The first-order valence-electron chi connectivity index (χ1n) is 3.77. The summed E-state index contributed by atoms with van der Waals surface area (Å²) in [6, 6.07) is 0. The van der Waals surface area contributed by atoms with Crippen molar-refractivity contribution < 1.29 is 4.21 Å². The van der Waals surface area contributed by atoms with E-state index in [0.29, 0.717) is 0 Å². The Morgan fingerprint density at radius 3 is 2.30 bits per heavy atom. The van der Waals surface area contributed by atoms with E-state index in [2.05, 4.69) is 11.3 Å². The minimum Gasteiger partial charge on any atom is -0.250 e. The van der Waals surface area contributed by atoms with Gasteiger partial charge in [0.05, 0.1) is 0 Å². The summed E-state index contributed by atoms with van der Waals surface area (Å²) in [5.74, 6) is 2.41. The topological polar surface area (TPSA) is 29.4 Å². The molecule has 0 saturated carbocycles. The van der Waals surface area contributed by atoms with Crippen molar-refractivity contribution in [1.82, 2.24) is 0 Å². The fourth-order valence-electron chi connectivity index (χ4n) is 1.20. The Bertz CT molecular complexity index is 202. The van der Waals surface area contributed by atoms with Crippen LogP contribution in [-0.2, 0) is 9.73 Å². The molecule has 2 nitrogen and oxygen atoms in total. The van der Waals surface area contributed by atoms with Crippen molar-refractivity contribution in [2.24, 2.45) is 10.3 Å². The Balaban J connectivity index is 2.64. The Hall–Kier alpha value is -0.0500. The van der Waals surface area contributed by atoms with Crippen LogP contribution in [0.25, 0.3) is 0 Å². The first-order chi connectivity index (χ1) is 4.66. The smallest absolute Gasteiger partial charge is 0.0465 e. The second-order valence-electron chi connectivity index (χ2n) is 3.05. The quantitative estimate of drug-likeness (QED) is 0.529. The van der Waals surface area contributed by atoms with Crippen molar-refractivity contribution >= 4 is 9.73 Å². The van der Waals surface area contributed by atoms with E-state index in [1.165, 1.54) is 0 Å². The molecule has 1 aliphatic heterocycles. The predicted molar refractivity (Wildman–Crippen MR) is 44.6 cm³/mol. The molecule has 0 radical (unpaired) electrons. The maximum absolute atomic E-state index is 11.6. The molecular formula is C7H15NOS. The minimum absolute atomic E-state index is 0.760. The van der Waals surface area contributed by atoms with Crippen LogP contribution in [0.4, 0.5) is 0 Å². The zero-order valence-corrected chi connectivity index (χ0v) is 7.49. The molecule has 0 aliphatic carbocycles.